The summed E-state index contributed by atoms with van der Waals surface area (Å²) in [6.07, 6.45) is 0. The largest absolute Gasteiger partial charge is 0.480 e. The van der Waals surface area contributed by atoms with Crippen molar-refractivity contribution in [3.8, 4) is 5.75 Å². The van der Waals surface area contributed by atoms with E-state index in [1.807, 2.05) is 20.8 Å². The van der Waals surface area contributed by atoms with Crippen LogP contribution in [0.2, 0.25) is 0 Å². The zero-order valence-corrected chi connectivity index (χ0v) is 11.9. The van der Waals surface area contributed by atoms with Gasteiger partial charge < -0.3 is 10.1 Å². The van der Waals surface area contributed by atoms with Gasteiger partial charge in [0.25, 0.3) is 0 Å². The lowest BCUT2D eigenvalue weighted by Crippen LogP contribution is -2.37. The summed E-state index contributed by atoms with van der Waals surface area (Å²) in [5.74, 6) is -1.11. The fraction of sp³-hybridized carbons (Fsp3) is 0.429. The van der Waals surface area contributed by atoms with E-state index in [-0.39, 0.29) is 23.6 Å². The van der Waals surface area contributed by atoms with Gasteiger partial charge in [-0.15, -0.1) is 0 Å². The summed E-state index contributed by atoms with van der Waals surface area (Å²) in [6.45, 7) is 10.3. The minimum atomic E-state index is -0.754. The van der Waals surface area contributed by atoms with E-state index in [9.17, 15) is 14.5 Å². The number of ether oxygens (including phenoxy) is 1. The predicted octanol–water partition coefficient (Wildman–Crippen LogP) is 3.06. The van der Waals surface area contributed by atoms with Crippen LogP contribution in [0.25, 0.3) is 0 Å². The molecule has 0 aliphatic rings. The normalized spacial score (nSPS) is 11.2. The Balaban J connectivity index is 2.66. The van der Waals surface area contributed by atoms with Crippen LogP contribution in [-0.2, 0) is 0 Å². The molecule has 0 spiro atoms. The first-order chi connectivity index (χ1) is 9.20. The van der Waals surface area contributed by atoms with Crippen molar-refractivity contribution in [2.24, 2.45) is 0 Å². The van der Waals surface area contributed by atoms with Gasteiger partial charge in [0.05, 0.1) is 4.92 Å². The molecule has 0 amide bonds. The number of benzene rings is 1. The smallest absolute Gasteiger partial charge is 0.314 e. The third kappa shape index (κ3) is 4.97. The maximum absolute atomic E-state index is 13.6. The van der Waals surface area contributed by atoms with Gasteiger partial charge in [0.1, 0.15) is 6.61 Å². The highest BCUT2D eigenvalue weighted by Gasteiger charge is 2.19. The number of rotatable bonds is 6. The molecule has 110 valence electrons. The van der Waals surface area contributed by atoms with Crippen LogP contribution in [-0.4, -0.2) is 23.6 Å². The molecule has 0 saturated carbocycles. The Hall–Kier alpha value is -1.95. The lowest BCUT2D eigenvalue weighted by molar-refractivity contribution is -0.386. The standard InChI is InChI=1S/C14H19FN2O3/c1-10(8-16-14(2,3)4)9-20-13-11(15)6-5-7-12(13)17(18)19/h5-7,16H,1,8-9H2,2-4H3. The molecule has 0 bridgehead atoms. The van der Waals surface area contributed by atoms with Gasteiger partial charge >= 0.3 is 5.69 Å². The molecule has 0 heterocycles. The van der Waals surface area contributed by atoms with Crippen LogP contribution in [0.3, 0.4) is 0 Å². The Morgan fingerprint density at radius 3 is 2.70 bits per heavy atom. The van der Waals surface area contributed by atoms with Crippen LogP contribution in [0.4, 0.5) is 10.1 Å². The zero-order chi connectivity index (χ0) is 15.3. The molecule has 0 atom stereocenters. The minimum Gasteiger partial charge on any atom is -0.480 e. The number of hydrogen-bond acceptors (Lipinski definition) is 4. The van der Waals surface area contributed by atoms with Crippen molar-refractivity contribution in [3.05, 3.63) is 46.3 Å². The van der Waals surface area contributed by atoms with Crippen molar-refractivity contribution < 1.29 is 14.1 Å². The van der Waals surface area contributed by atoms with Crippen LogP contribution in [0.1, 0.15) is 20.8 Å². The topological polar surface area (TPSA) is 64.4 Å². The molecule has 6 heteroatoms. The Morgan fingerprint density at radius 1 is 1.50 bits per heavy atom. The highest BCUT2D eigenvalue weighted by atomic mass is 19.1. The first-order valence-corrected chi connectivity index (χ1v) is 6.18. The van der Waals surface area contributed by atoms with Gasteiger partial charge in [-0.25, -0.2) is 4.39 Å². The van der Waals surface area contributed by atoms with Crippen LogP contribution in [0.5, 0.6) is 5.75 Å². The highest BCUT2D eigenvalue weighted by Crippen LogP contribution is 2.29. The van der Waals surface area contributed by atoms with Gasteiger partial charge in [-0.1, -0.05) is 12.6 Å². The Morgan fingerprint density at radius 2 is 2.15 bits per heavy atom. The number of nitrogens with one attached hydrogen (secondary N) is 1. The molecule has 0 aliphatic heterocycles. The molecular formula is C14H19FN2O3. The highest BCUT2D eigenvalue weighted by molar-refractivity contribution is 5.47. The third-order valence-corrected chi connectivity index (χ3v) is 2.43. The van der Waals surface area contributed by atoms with Crippen molar-refractivity contribution in [1.29, 1.82) is 0 Å². The van der Waals surface area contributed by atoms with Crippen LogP contribution in [0.15, 0.2) is 30.4 Å². The maximum atomic E-state index is 13.6. The zero-order valence-electron chi connectivity index (χ0n) is 11.9. The van der Waals surface area contributed by atoms with Crippen molar-refractivity contribution in [1.82, 2.24) is 5.32 Å². The first kappa shape index (κ1) is 16.1. The minimum absolute atomic E-state index is 0.0187. The SMILES string of the molecule is C=C(CNC(C)(C)C)COc1c(F)cccc1[N+](=O)[O-]. The lowest BCUT2D eigenvalue weighted by atomic mass is 10.1. The summed E-state index contributed by atoms with van der Waals surface area (Å²) >= 11 is 0. The number of nitrogens with zero attached hydrogens (tertiary/aromatic N) is 1. The molecule has 0 aromatic heterocycles. The van der Waals surface area contributed by atoms with Crippen LogP contribution >= 0.6 is 0 Å². The monoisotopic (exact) mass is 282 g/mol. The van der Waals surface area contributed by atoms with Crippen molar-refractivity contribution in [2.45, 2.75) is 26.3 Å². The maximum Gasteiger partial charge on any atom is 0.314 e. The fourth-order valence-electron chi connectivity index (χ4n) is 1.40. The number of hydrogen-bond donors (Lipinski definition) is 1. The van der Waals surface area contributed by atoms with Gasteiger partial charge in [0.15, 0.2) is 5.82 Å². The quantitative estimate of drug-likeness (QED) is 0.495. The van der Waals surface area contributed by atoms with Gasteiger partial charge in [-0.05, 0) is 32.4 Å². The summed E-state index contributed by atoms with van der Waals surface area (Å²) in [4.78, 5) is 10.1. The molecule has 20 heavy (non-hydrogen) atoms. The van der Waals surface area contributed by atoms with Crippen molar-refractivity contribution in [2.75, 3.05) is 13.2 Å². The number of nitro benzene ring substituents is 1. The average molecular weight is 282 g/mol. The van der Waals surface area contributed by atoms with E-state index in [0.29, 0.717) is 12.1 Å². The van der Waals surface area contributed by atoms with E-state index in [1.54, 1.807) is 0 Å². The molecule has 0 radical (unpaired) electrons. The summed E-state index contributed by atoms with van der Waals surface area (Å²) in [7, 11) is 0. The number of halogens is 1. The molecule has 1 N–H and O–H groups in total. The molecule has 0 aliphatic carbocycles. The van der Waals surface area contributed by atoms with Crippen molar-refractivity contribution >= 4 is 5.69 Å². The second kappa shape index (κ2) is 6.47. The van der Waals surface area contributed by atoms with E-state index in [4.69, 9.17) is 4.74 Å². The van der Waals surface area contributed by atoms with Gasteiger partial charge in [-0.2, -0.15) is 0 Å². The molecule has 1 rings (SSSR count). The molecule has 1 aromatic rings. The Kier molecular flexibility index (Phi) is 5.21. The third-order valence-electron chi connectivity index (χ3n) is 2.43. The molecular weight excluding hydrogens is 263 g/mol. The molecule has 0 saturated heterocycles. The van der Waals surface area contributed by atoms with Gasteiger partial charge in [0.2, 0.25) is 5.75 Å². The average Bonchev–Trinajstić information content (AvgIpc) is 2.33. The lowest BCUT2D eigenvalue weighted by Gasteiger charge is -2.21. The predicted molar refractivity (Wildman–Crippen MR) is 75.4 cm³/mol. The summed E-state index contributed by atoms with van der Waals surface area (Å²) in [5, 5.41) is 14.0. The Labute approximate surface area is 117 Å². The van der Waals surface area contributed by atoms with Crippen LogP contribution in [0, 0.1) is 15.9 Å². The van der Waals surface area contributed by atoms with Crippen molar-refractivity contribution in [3.63, 3.8) is 0 Å². The van der Waals surface area contributed by atoms with Gasteiger partial charge in [-0.3, -0.25) is 10.1 Å². The van der Waals surface area contributed by atoms with E-state index in [0.717, 1.165) is 6.07 Å². The van der Waals surface area contributed by atoms with E-state index in [2.05, 4.69) is 11.9 Å². The molecule has 5 nitrogen and oxygen atoms in total. The molecule has 1 aromatic carbocycles. The molecule has 0 fully saturated rings. The van der Waals surface area contributed by atoms with E-state index < -0.39 is 10.7 Å². The summed E-state index contributed by atoms with van der Waals surface area (Å²) in [6, 6.07) is 3.60. The number of nitro groups is 1. The second-order valence-electron chi connectivity index (χ2n) is 5.49. The Bertz CT molecular complexity index is 510. The van der Waals surface area contributed by atoms with Gasteiger partial charge in [0, 0.05) is 18.2 Å². The first-order valence-electron chi connectivity index (χ1n) is 6.18. The summed E-state index contributed by atoms with van der Waals surface area (Å²) < 4.78 is 18.8. The summed E-state index contributed by atoms with van der Waals surface area (Å²) in [5.41, 5.74) is 0.214. The van der Waals surface area contributed by atoms with Crippen LogP contribution < -0.4 is 10.1 Å². The van der Waals surface area contributed by atoms with E-state index in [1.165, 1.54) is 12.1 Å². The number of para-hydroxylation sites is 1. The van der Waals surface area contributed by atoms with E-state index >= 15 is 0 Å². The fourth-order valence-corrected chi connectivity index (χ4v) is 1.40. The second-order valence-corrected chi connectivity index (χ2v) is 5.49. The molecule has 0 unspecified atom stereocenters.